The van der Waals surface area contributed by atoms with Crippen LogP contribution in [0.4, 0.5) is 17.3 Å². The van der Waals surface area contributed by atoms with E-state index in [1.807, 2.05) is 37.4 Å². The first-order valence-electron chi connectivity index (χ1n) is 4.37. The molecule has 2 aromatic rings. The maximum absolute atomic E-state index is 5.65. The summed E-state index contributed by atoms with van der Waals surface area (Å²) in [6, 6.07) is 11.7. The summed E-state index contributed by atoms with van der Waals surface area (Å²) in [5.74, 6) is 1.40. The second kappa shape index (κ2) is 3.41. The van der Waals surface area contributed by atoms with Crippen molar-refractivity contribution < 1.29 is 0 Å². The van der Waals surface area contributed by atoms with E-state index in [0.717, 1.165) is 11.5 Å². The van der Waals surface area contributed by atoms with Gasteiger partial charge in [-0.3, -0.25) is 4.68 Å². The van der Waals surface area contributed by atoms with Gasteiger partial charge in [-0.2, -0.15) is 5.10 Å². The number of nitrogens with zero attached hydrogens (tertiary/aromatic N) is 2. The average Bonchev–Trinajstić information content (AvgIpc) is 2.47. The first kappa shape index (κ1) is 8.62. The predicted molar refractivity (Wildman–Crippen MR) is 57.3 cm³/mol. The molecule has 1 aromatic carbocycles. The Bertz CT molecular complexity index is 399. The van der Waals surface area contributed by atoms with Crippen molar-refractivity contribution in [1.29, 1.82) is 0 Å². The molecule has 0 unspecified atom stereocenters. The summed E-state index contributed by atoms with van der Waals surface area (Å²) in [6.07, 6.45) is 0. The largest absolute Gasteiger partial charge is 0.384 e. The van der Waals surface area contributed by atoms with Crippen LogP contribution < -0.4 is 11.1 Å². The highest BCUT2D eigenvalue weighted by Crippen LogP contribution is 2.16. The van der Waals surface area contributed by atoms with E-state index >= 15 is 0 Å². The highest BCUT2D eigenvalue weighted by Gasteiger charge is 2.00. The monoisotopic (exact) mass is 188 g/mol. The zero-order chi connectivity index (χ0) is 9.97. The number of aromatic nitrogens is 2. The van der Waals surface area contributed by atoms with E-state index in [-0.39, 0.29) is 0 Å². The van der Waals surface area contributed by atoms with Gasteiger partial charge in [-0.05, 0) is 12.1 Å². The van der Waals surface area contributed by atoms with Gasteiger partial charge in [0.2, 0.25) is 0 Å². The Kier molecular flexibility index (Phi) is 2.10. The molecule has 1 heterocycles. The van der Waals surface area contributed by atoms with E-state index in [0.29, 0.717) is 5.82 Å². The Labute approximate surface area is 82.4 Å². The number of nitrogens with two attached hydrogens (primary N) is 1. The number of rotatable bonds is 2. The van der Waals surface area contributed by atoms with Crippen LogP contribution in [0, 0.1) is 0 Å². The topological polar surface area (TPSA) is 55.9 Å². The average molecular weight is 188 g/mol. The summed E-state index contributed by atoms with van der Waals surface area (Å²) < 4.78 is 1.63. The van der Waals surface area contributed by atoms with Crippen LogP contribution in [0.3, 0.4) is 0 Å². The summed E-state index contributed by atoms with van der Waals surface area (Å²) in [7, 11) is 1.81. The molecule has 0 aliphatic heterocycles. The number of hydrogen-bond donors (Lipinski definition) is 2. The summed E-state index contributed by atoms with van der Waals surface area (Å²) >= 11 is 0. The van der Waals surface area contributed by atoms with Crippen LogP contribution in [0.15, 0.2) is 36.4 Å². The van der Waals surface area contributed by atoms with Gasteiger partial charge in [0.1, 0.15) is 5.82 Å². The third kappa shape index (κ3) is 1.69. The summed E-state index contributed by atoms with van der Waals surface area (Å²) in [4.78, 5) is 0. The predicted octanol–water partition coefficient (Wildman–Crippen LogP) is 1.75. The quantitative estimate of drug-likeness (QED) is 0.754. The minimum atomic E-state index is 0.642. The molecule has 0 spiro atoms. The molecule has 0 saturated heterocycles. The zero-order valence-electron chi connectivity index (χ0n) is 7.94. The first-order valence-corrected chi connectivity index (χ1v) is 4.37. The van der Waals surface area contributed by atoms with Gasteiger partial charge in [-0.25, -0.2) is 0 Å². The number of nitrogens with one attached hydrogen (secondary N) is 1. The highest BCUT2D eigenvalue weighted by molar-refractivity contribution is 5.58. The molecular formula is C10H12N4. The number of hydrogen-bond acceptors (Lipinski definition) is 3. The Morgan fingerprint density at radius 2 is 2.00 bits per heavy atom. The molecule has 2 rings (SSSR count). The standard InChI is InChI=1S/C10H12N4/c1-14-9(11)7-10(13-14)12-8-5-3-2-4-6-8/h2-7H,11H2,1H3,(H,12,13). The molecule has 0 aliphatic carbocycles. The lowest BCUT2D eigenvalue weighted by molar-refractivity contribution is 0.782. The van der Waals surface area contributed by atoms with Crippen LogP contribution in [0.2, 0.25) is 0 Å². The number of nitrogen functional groups attached to an aromatic ring is 1. The van der Waals surface area contributed by atoms with Crippen LogP contribution in [0.1, 0.15) is 0 Å². The minimum absolute atomic E-state index is 0.642. The van der Waals surface area contributed by atoms with E-state index in [4.69, 9.17) is 5.73 Å². The van der Waals surface area contributed by atoms with Gasteiger partial charge >= 0.3 is 0 Å². The van der Waals surface area contributed by atoms with Crippen molar-refractivity contribution in [3.63, 3.8) is 0 Å². The molecule has 4 heteroatoms. The second-order valence-corrected chi connectivity index (χ2v) is 3.07. The molecule has 0 aliphatic rings. The summed E-state index contributed by atoms with van der Waals surface area (Å²) in [5.41, 5.74) is 6.66. The molecule has 3 N–H and O–H groups in total. The van der Waals surface area contributed by atoms with Crippen molar-refractivity contribution in [3.05, 3.63) is 36.4 Å². The van der Waals surface area contributed by atoms with Crippen LogP contribution >= 0.6 is 0 Å². The van der Waals surface area contributed by atoms with Crippen molar-refractivity contribution in [2.75, 3.05) is 11.1 Å². The molecule has 0 saturated carbocycles. The van der Waals surface area contributed by atoms with Crippen LogP contribution in [-0.4, -0.2) is 9.78 Å². The third-order valence-corrected chi connectivity index (χ3v) is 1.96. The van der Waals surface area contributed by atoms with E-state index < -0.39 is 0 Å². The Hall–Kier alpha value is -1.97. The van der Waals surface area contributed by atoms with Gasteiger partial charge in [0, 0.05) is 18.8 Å². The molecule has 0 bridgehead atoms. The van der Waals surface area contributed by atoms with Gasteiger partial charge in [0.15, 0.2) is 5.82 Å². The van der Waals surface area contributed by atoms with Gasteiger partial charge < -0.3 is 11.1 Å². The van der Waals surface area contributed by atoms with Crippen molar-refractivity contribution in [3.8, 4) is 0 Å². The van der Waals surface area contributed by atoms with E-state index in [2.05, 4.69) is 10.4 Å². The molecule has 0 atom stereocenters. The minimum Gasteiger partial charge on any atom is -0.384 e. The number of para-hydroxylation sites is 1. The SMILES string of the molecule is Cn1nc(Nc2ccccc2)cc1N. The maximum atomic E-state index is 5.65. The summed E-state index contributed by atoms with van der Waals surface area (Å²) in [5, 5.41) is 7.34. The zero-order valence-corrected chi connectivity index (χ0v) is 7.94. The van der Waals surface area contributed by atoms with E-state index in [9.17, 15) is 0 Å². The highest BCUT2D eigenvalue weighted by atomic mass is 15.3. The molecule has 14 heavy (non-hydrogen) atoms. The Morgan fingerprint density at radius 1 is 1.29 bits per heavy atom. The molecule has 0 radical (unpaired) electrons. The van der Waals surface area contributed by atoms with Gasteiger partial charge in [-0.15, -0.1) is 0 Å². The van der Waals surface area contributed by atoms with E-state index in [1.165, 1.54) is 0 Å². The second-order valence-electron chi connectivity index (χ2n) is 3.07. The molecule has 0 fully saturated rings. The Balaban J connectivity index is 2.19. The summed E-state index contributed by atoms with van der Waals surface area (Å²) in [6.45, 7) is 0. The van der Waals surface area contributed by atoms with Crippen molar-refractivity contribution in [2.45, 2.75) is 0 Å². The normalized spacial score (nSPS) is 10.1. The Morgan fingerprint density at radius 3 is 2.57 bits per heavy atom. The number of benzene rings is 1. The van der Waals surface area contributed by atoms with Crippen molar-refractivity contribution in [2.24, 2.45) is 7.05 Å². The van der Waals surface area contributed by atoms with Crippen LogP contribution in [0.25, 0.3) is 0 Å². The van der Waals surface area contributed by atoms with Gasteiger partial charge in [0.05, 0.1) is 0 Å². The fourth-order valence-corrected chi connectivity index (χ4v) is 1.21. The smallest absolute Gasteiger partial charge is 0.154 e. The number of aryl methyl sites for hydroxylation is 1. The third-order valence-electron chi connectivity index (χ3n) is 1.96. The lowest BCUT2D eigenvalue weighted by Gasteiger charge is -2.00. The fourth-order valence-electron chi connectivity index (χ4n) is 1.21. The van der Waals surface area contributed by atoms with Crippen molar-refractivity contribution >= 4 is 17.3 Å². The maximum Gasteiger partial charge on any atom is 0.154 e. The first-order chi connectivity index (χ1) is 6.75. The van der Waals surface area contributed by atoms with Crippen LogP contribution in [0.5, 0.6) is 0 Å². The molecule has 72 valence electrons. The molecular weight excluding hydrogens is 176 g/mol. The molecule has 0 amide bonds. The van der Waals surface area contributed by atoms with Gasteiger partial charge in [0.25, 0.3) is 0 Å². The van der Waals surface area contributed by atoms with Gasteiger partial charge in [-0.1, -0.05) is 18.2 Å². The van der Waals surface area contributed by atoms with Crippen LogP contribution in [-0.2, 0) is 7.05 Å². The molecule has 1 aromatic heterocycles. The van der Waals surface area contributed by atoms with Crippen molar-refractivity contribution in [1.82, 2.24) is 9.78 Å². The molecule has 4 nitrogen and oxygen atoms in total. The lowest BCUT2D eigenvalue weighted by atomic mass is 10.3. The van der Waals surface area contributed by atoms with E-state index in [1.54, 1.807) is 10.7 Å². The lowest BCUT2D eigenvalue weighted by Crippen LogP contribution is -1.97. The fraction of sp³-hybridized carbons (Fsp3) is 0.100. The number of anilines is 3.